The Bertz CT molecular complexity index is 986. The van der Waals surface area contributed by atoms with Gasteiger partial charge in [0.25, 0.3) is 5.91 Å². The highest BCUT2D eigenvalue weighted by atomic mass is 32.2. The van der Waals surface area contributed by atoms with Crippen LogP contribution in [0.15, 0.2) is 52.9 Å². The van der Waals surface area contributed by atoms with E-state index in [4.69, 9.17) is 4.42 Å². The third-order valence-electron chi connectivity index (χ3n) is 6.27. The summed E-state index contributed by atoms with van der Waals surface area (Å²) in [5.74, 6) is 1.62. The van der Waals surface area contributed by atoms with Gasteiger partial charge >= 0.3 is 0 Å². The van der Waals surface area contributed by atoms with Crippen molar-refractivity contribution in [3.63, 3.8) is 0 Å². The van der Waals surface area contributed by atoms with Gasteiger partial charge < -0.3 is 9.73 Å². The number of nitrogens with one attached hydrogen (secondary N) is 1. The van der Waals surface area contributed by atoms with Gasteiger partial charge in [-0.25, -0.2) is 0 Å². The lowest BCUT2D eigenvalue weighted by atomic mass is 9.99. The summed E-state index contributed by atoms with van der Waals surface area (Å²) in [4.78, 5) is 13.1. The van der Waals surface area contributed by atoms with E-state index < -0.39 is 0 Å². The number of hydrogen-bond donors (Lipinski definition) is 1. The van der Waals surface area contributed by atoms with Crippen LogP contribution < -0.4 is 5.32 Å². The zero-order valence-electron chi connectivity index (χ0n) is 17.9. The monoisotopic (exact) mass is 421 g/mol. The number of thioether (sulfide) groups is 1. The first kappa shape index (κ1) is 21.0. The number of furan rings is 1. The van der Waals surface area contributed by atoms with Crippen LogP contribution in [0.3, 0.4) is 0 Å². The molecule has 1 saturated carbocycles. The van der Waals surface area contributed by atoms with E-state index in [0.717, 1.165) is 34.4 Å². The maximum Gasteiger partial charge on any atom is 0.291 e. The van der Waals surface area contributed by atoms with Gasteiger partial charge in [0.05, 0.1) is 0 Å². The van der Waals surface area contributed by atoms with E-state index in [0.29, 0.717) is 16.9 Å². The zero-order valence-corrected chi connectivity index (χ0v) is 18.8. The van der Waals surface area contributed by atoms with Gasteiger partial charge in [0.15, 0.2) is 5.76 Å². The van der Waals surface area contributed by atoms with Crippen molar-refractivity contribution in [2.24, 2.45) is 0 Å². The maximum atomic E-state index is 13.1. The van der Waals surface area contributed by atoms with Crippen LogP contribution in [0.4, 0.5) is 5.69 Å². The molecule has 1 aromatic heterocycles. The van der Waals surface area contributed by atoms with Gasteiger partial charge in [-0.15, -0.1) is 0 Å². The molecule has 2 aromatic carbocycles. The van der Waals surface area contributed by atoms with Crippen LogP contribution in [-0.2, 0) is 5.75 Å². The number of para-hydroxylation sites is 1. The van der Waals surface area contributed by atoms with Crippen molar-refractivity contribution in [3.05, 3.63) is 65.4 Å². The van der Waals surface area contributed by atoms with Gasteiger partial charge in [0.2, 0.25) is 0 Å². The Morgan fingerprint density at radius 2 is 1.83 bits per heavy atom. The van der Waals surface area contributed by atoms with Crippen LogP contribution in [0.5, 0.6) is 0 Å². The van der Waals surface area contributed by atoms with Crippen LogP contribution >= 0.6 is 11.8 Å². The lowest BCUT2D eigenvalue weighted by Crippen LogP contribution is -2.13. The molecule has 30 heavy (non-hydrogen) atoms. The van der Waals surface area contributed by atoms with Crippen LogP contribution in [0.25, 0.3) is 11.0 Å². The van der Waals surface area contributed by atoms with Crippen molar-refractivity contribution < 1.29 is 9.21 Å². The Hall–Kier alpha value is -2.20. The smallest absolute Gasteiger partial charge is 0.291 e. The third kappa shape index (κ3) is 4.75. The Morgan fingerprint density at radius 3 is 2.57 bits per heavy atom. The first-order chi connectivity index (χ1) is 14.7. The van der Waals surface area contributed by atoms with E-state index in [-0.39, 0.29) is 5.91 Å². The predicted octanol–water partition coefficient (Wildman–Crippen LogP) is 7.76. The summed E-state index contributed by atoms with van der Waals surface area (Å²) in [5.41, 5.74) is 3.91. The normalized spacial score (nSPS) is 15.9. The Labute approximate surface area is 183 Å². The molecule has 1 aliphatic rings. The fourth-order valence-electron chi connectivity index (χ4n) is 4.18. The first-order valence-electron chi connectivity index (χ1n) is 11.2. The van der Waals surface area contributed by atoms with E-state index in [9.17, 15) is 4.79 Å². The average Bonchev–Trinajstić information content (AvgIpc) is 3.17. The predicted molar refractivity (Wildman–Crippen MR) is 127 cm³/mol. The number of hydrogen-bond acceptors (Lipinski definition) is 3. The van der Waals surface area contributed by atoms with Gasteiger partial charge in [-0.05, 0) is 48.9 Å². The minimum atomic E-state index is -0.165. The second-order valence-electron chi connectivity index (χ2n) is 8.36. The van der Waals surface area contributed by atoms with Crippen molar-refractivity contribution >= 4 is 34.3 Å². The van der Waals surface area contributed by atoms with E-state index in [1.165, 1.54) is 37.7 Å². The van der Waals surface area contributed by atoms with Crippen molar-refractivity contribution in [2.45, 2.75) is 69.3 Å². The number of rotatable bonds is 7. The molecule has 0 bridgehead atoms. The molecule has 0 aliphatic heterocycles. The maximum absolute atomic E-state index is 13.1. The quantitative estimate of drug-likeness (QED) is 0.424. The van der Waals surface area contributed by atoms with Gasteiger partial charge in [-0.2, -0.15) is 11.8 Å². The van der Waals surface area contributed by atoms with Gasteiger partial charge in [0.1, 0.15) is 5.58 Å². The molecule has 1 unspecified atom stereocenters. The molecule has 4 rings (SSSR count). The van der Waals surface area contributed by atoms with Crippen molar-refractivity contribution in [2.75, 3.05) is 5.32 Å². The summed E-state index contributed by atoms with van der Waals surface area (Å²) in [6.45, 7) is 4.41. The Morgan fingerprint density at radius 1 is 1.10 bits per heavy atom. The number of anilines is 1. The molecule has 3 aromatic rings. The van der Waals surface area contributed by atoms with Crippen molar-refractivity contribution in [1.82, 2.24) is 0 Å². The second-order valence-corrected chi connectivity index (χ2v) is 9.65. The number of carbonyl (C=O) groups is 1. The lowest BCUT2D eigenvalue weighted by molar-refractivity contribution is 0.0998. The molecule has 0 spiro atoms. The van der Waals surface area contributed by atoms with E-state index in [2.05, 4.69) is 37.4 Å². The highest BCUT2D eigenvalue weighted by Crippen LogP contribution is 2.35. The largest absolute Gasteiger partial charge is 0.451 e. The standard InChI is InChI=1S/C26H31NO2S/c1-3-18(2)19-13-15-20(16-14-19)27-26(28)25-23(17-30-21-9-5-4-6-10-21)22-11-7-8-12-24(22)29-25/h7-8,11-16,18,21H,3-6,9-10,17H2,1-2H3,(H,27,28). The second kappa shape index (κ2) is 9.74. The molecule has 1 heterocycles. The molecule has 1 fully saturated rings. The highest BCUT2D eigenvalue weighted by Gasteiger charge is 2.22. The molecule has 1 atom stereocenters. The molecular formula is C26H31NO2S. The molecule has 0 saturated heterocycles. The molecule has 158 valence electrons. The summed E-state index contributed by atoms with van der Waals surface area (Å²) < 4.78 is 6.03. The molecule has 1 aliphatic carbocycles. The summed E-state index contributed by atoms with van der Waals surface area (Å²) in [6, 6.07) is 16.2. The van der Waals surface area contributed by atoms with Crippen molar-refractivity contribution in [1.29, 1.82) is 0 Å². The van der Waals surface area contributed by atoms with Crippen LogP contribution in [0.2, 0.25) is 0 Å². The Kier molecular flexibility index (Phi) is 6.83. The van der Waals surface area contributed by atoms with Crippen LogP contribution in [-0.4, -0.2) is 11.2 Å². The zero-order chi connectivity index (χ0) is 20.9. The van der Waals surface area contributed by atoms with Crippen molar-refractivity contribution in [3.8, 4) is 0 Å². The average molecular weight is 422 g/mol. The first-order valence-corrected chi connectivity index (χ1v) is 12.2. The fourth-order valence-corrected chi connectivity index (χ4v) is 5.53. The molecule has 4 heteroatoms. The van der Waals surface area contributed by atoms with Gasteiger partial charge in [-0.1, -0.05) is 63.4 Å². The minimum Gasteiger partial charge on any atom is -0.451 e. The van der Waals surface area contributed by atoms with Crippen LogP contribution in [0.1, 0.15) is 80.0 Å². The number of carbonyl (C=O) groups excluding carboxylic acids is 1. The number of fused-ring (bicyclic) bond motifs is 1. The summed E-state index contributed by atoms with van der Waals surface area (Å²) in [7, 11) is 0. The van der Waals surface area contributed by atoms with E-state index in [1.54, 1.807) is 0 Å². The minimum absolute atomic E-state index is 0.165. The number of amides is 1. The van der Waals surface area contributed by atoms with Gasteiger partial charge in [-0.3, -0.25) is 4.79 Å². The summed E-state index contributed by atoms with van der Waals surface area (Å²) >= 11 is 1.98. The lowest BCUT2D eigenvalue weighted by Gasteiger charge is -2.20. The SMILES string of the molecule is CCC(C)c1ccc(NC(=O)c2oc3ccccc3c2CSC2CCCCC2)cc1. The van der Waals surface area contributed by atoms with E-state index in [1.807, 2.05) is 42.1 Å². The van der Waals surface area contributed by atoms with Gasteiger partial charge in [0, 0.05) is 27.6 Å². The summed E-state index contributed by atoms with van der Waals surface area (Å²) in [6.07, 6.45) is 7.67. The molecule has 1 amide bonds. The topological polar surface area (TPSA) is 42.2 Å². The number of benzene rings is 2. The van der Waals surface area contributed by atoms with Crippen LogP contribution in [0, 0.1) is 0 Å². The summed E-state index contributed by atoms with van der Waals surface area (Å²) in [5, 5.41) is 4.78. The molecule has 0 radical (unpaired) electrons. The molecular weight excluding hydrogens is 390 g/mol. The van der Waals surface area contributed by atoms with E-state index >= 15 is 0 Å². The third-order valence-corrected chi connectivity index (χ3v) is 7.67. The fraction of sp³-hybridized carbons (Fsp3) is 0.423. The Balaban J connectivity index is 1.54. The molecule has 3 nitrogen and oxygen atoms in total. The highest BCUT2D eigenvalue weighted by molar-refractivity contribution is 7.99. The molecule has 1 N–H and O–H groups in total.